The number of carbonyl (C=O) groups is 1. The van der Waals surface area contributed by atoms with Crippen molar-refractivity contribution in [3.8, 4) is 0 Å². The second-order valence-corrected chi connectivity index (χ2v) is 5.13. The number of morpholine rings is 1. The lowest BCUT2D eigenvalue weighted by Crippen LogP contribution is -2.39. The summed E-state index contributed by atoms with van der Waals surface area (Å²) >= 11 is 0. The monoisotopic (exact) mass is 317 g/mol. The minimum absolute atomic E-state index is 0.161. The summed E-state index contributed by atoms with van der Waals surface area (Å²) in [5.41, 5.74) is 1.08. The zero-order valence-corrected chi connectivity index (χ0v) is 12.6. The number of rotatable bonds is 3. The van der Waals surface area contributed by atoms with Gasteiger partial charge < -0.3 is 14.4 Å². The lowest BCUT2D eigenvalue weighted by Gasteiger charge is -2.33. The van der Waals surface area contributed by atoms with Crippen molar-refractivity contribution in [2.75, 3.05) is 31.7 Å². The van der Waals surface area contributed by atoms with Crippen LogP contribution in [-0.2, 0) is 9.47 Å². The van der Waals surface area contributed by atoms with E-state index in [1.807, 2.05) is 4.90 Å². The summed E-state index contributed by atoms with van der Waals surface area (Å²) in [5, 5.41) is 7.95. The van der Waals surface area contributed by atoms with Gasteiger partial charge in [0, 0.05) is 13.1 Å². The van der Waals surface area contributed by atoms with Crippen LogP contribution < -0.4 is 4.90 Å². The number of benzene rings is 1. The Hall–Kier alpha value is -2.54. The fraction of sp³-hybridized carbons (Fsp3) is 0.312. The van der Waals surface area contributed by atoms with Crippen molar-refractivity contribution in [3.05, 3.63) is 53.5 Å². The molecule has 1 aliphatic heterocycles. The number of anilines is 1. The third kappa shape index (κ3) is 3.45. The quantitative estimate of drug-likeness (QED) is 0.807. The summed E-state index contributed by atoms with van der Waals surface area (Å²) < 4.78 is 23.4. The smallest absolute Gasteiger partial charge is 0.358 e. The maximum absolute atomic E-state index is 13.0. The van der Waals surface area contributed by atoms with E-state index in [-0.39, 0.29) is 17.6 Å². The number of halogens is 1. The van der Waals surface area contributed by atoms with Crippen molar-refractivity contribution in [1.29, 1.82) is 0 Å². The fourth-order valence-electron chi connectivity index (χ4n) is 2.44. The van der Waals surface area contributed by atoms with Crippen molar-refractivity contribution in [2.24, 2.45) is 0 Å². The summed E-state index contributed by atoms with van der Waals surface area (Å²) in [4.78, 5) is 13.4. The first-order chi connectivity index (χ1) is 11.2. The van der Waals surface area contributed by atoms with Gasteiger partial charge in [-0.05, 0) is 29.8 Å². The highest BCUT2D eigenvalue weighted by atomic mass is 19.1. The fourth-order valence-corrected chi connectivity index (χ4v) is 2.44. The molecule has 0 aliphatic carbocycles. The highest BCUT2D eigenvalue weighted by molar-refractivity contribution is 5.86. The zero-order valence-electron chi connectivity index (χ0n) is 12.6. The van der Waals surface area contributed by atoms with Crippen LogP contribution >= 0.6 is 0 Å². The van der Waals surface area contributed by atoms with Crippen molar-refractivity contribution in [3.63, 3.8) is 0 Å². The van der Waals surface area contributed by atoms with E-state index in [0.29, 0.717) is 25.5 Å². The second-order valence-electron chi connectivity index (χ2n) is 5.13. The standard InChI is InChI=1S/C16H16FN3O3/c1-22-16(21)13-6-7-15(19-18-13)20-8-9-23-14(10-20)11-2-4-12(17)5-3-11/h2-7,14H,8-10H2,1H3/t14-/m1/s1. The predicted octanol–water partition coefficient (Wildman–Crippen LogP) is 1.98. The van der Waals surface area contributed by atoms with Gasteiger partial charge in [-0.3, -0.25) is 0 Å². The first-order valence-electron chi connectivity index (χ1n) is 7.21. The molecule has 7 heteroatoms. The molecule has 0 bridgehead atoms. The molecule has 1 aliphatic rings. The summed E-state index contributed by atoms with van der Waals surface area (Å²) in [6, 6.07) is 9.58. The Morgan fingerprint density at radius 2 is 2.04 bits per heavy atom. The number of carbonyl (C=O) groups excluding carboxylic acids is 1. The summed E-state index contributed by atoms with van der Waals surface area (Å²) in [5.74, 6) is -0.131. The van der Waals surface area contributed by atoms with Crippen LogP contribution in [0.5, 0.6) is 0 Å². The van der Waals surface area contributed by atoms with Crippen LogP contribution in [0.2, 0.25) is 0 Å². The number of hydrogen-bond donors (Lipinski definition) is 0. The van der Waals surface area contributed by atoms with Crippen molar-refractivity contribution in [1.82, 2.24) is 10.2 Å². The molecule has 6 nitrogen and oxygen atoms in total. The molecule has 3 rings (SSSR count). The van der Waals surface area contributed by atoms with E-state index in [1.165, 1.54) is 19.2 Å². The Morgan fingerprint density at radius 1 is 1.26 bits per heavy atom. The highest BCUT2D eigenvalue weighted by Crippen LogP contribution is 2.25. The van der Waals surface area contributed by atoms with Gasteiger partial charge in [0.1, 0.15) is 11.9 Å². The molecule has 0 N–H and O–H groups in total. The SMILES string of the molecule is COC(=O)c1ccc(N2CCO[C@@H](c3ccc(F)cc3)C2)nn1. The first kappa shape index (κ1) is 15.4. The second kappa shape index (κ2) is 6.70. The van der Waals surface area contributed by atoms with Gasteiger partial charge in [0.05, 0.1) is 13.7 Å². The number of hydrogen-bond acceptors (Lipinski definition) is 6. The summed E-state index contributed by atoms with van der Waals surface area (Å²) in [6.45, 7) is 1.78. The van der Waals surface area contributed by atoms with Crippen LogP contribution in [0.4, 0.5) is 10.2 Å². The van der Waals surface area contributed by atoms with Crippen molar-refractivity contribution >= 4 is 11.8 Å². The minimum Gasteiger partial charge on any atom is -0.464 e. The molecule has 1 aromatic heterocycles. The van der Waals surface area contributed by atoms with E-state index < -0.39 is 5.97 Å². The maximum atomic E-state index is 13.0. The lowest BCUT2D eigenvalue weighted by atomic mass is 10.1. The van der Waals surface area contributed by atoms with Crippen LogP contribution in [0.3, 0.4) is 0 Å². The van der Waals surface area contributed by atoms with E-state index in [2.05, 4.69) is 14.9 Å². The van der Waals surface area contributed by atoms with Crippen LogP contribution in [-0.4, -0.2) is 43.0 Å². The van der Waals surface area contributed by atoms with Gasteiger partial charge in [-0.2, -0.15) is 0 Å². The Kier molecular flexibility index (Phi) is 4.47. The van der Waals surface area contributed by atoms with E-state index in [0.717, 1.165) is 5.56 Å². The molecule has 1 aromatic carbocycles. The van der Waals surface area contributed by atoms with E-state index in [9.17, 15) is 9.18 Å². The van der Waals surface area contributed by atoms with Gasteiger partial charge in [0.25, 0.3) is 0 Å². The van der Waals surface area contributed by atoms with Crippen LogP contribution in [0.15, 0.2) is 36.4 Å². The number of esters is 1. The zero-order chi connectivity index (χ0) is 16.2. The van der Waals surface area contributed by atoms with Gasteiger partial charge >= 0.3 is 5.97 Å². The molecule has 120 valence electrons. The molecule has 2 aromatic rings. The van der Waals surface area contributed by atoms with E-state index in [1.54, 1.807) is 24.3 Å². The van der Waals surface area contributed by atoms with Crippen LogP contribution in [0, 0.1) is 5.82 Å². The third-order valence-corrected chi connectivity index (χ3v) is 3.68. The largest absolute Gasteiger partial charge is 0.464 e. The molecule has 0 saturated carbocycles. The van der Waals surface area contributed by atoms with Gasteiger partial charge in [-0.1, -0.05) is 12.1 Å². The Labute approximate surface area is 132 Å². The normalized spacial score (nSPS) is 17.8. The number of methoxy groups -OCH3 is 1. The van der Waals surface area contributed by atoms with Crippen molar-refractivity contribution in [2.45, 2.75) is 6.10 Å². The molecular weight excluding hydrogens is 301 g/mol. The molecule has 0 unspecified atom stereocenters. The van der Waals surface area contributed by atoms with Crippen LogP contribution in [0.25, 0.3) is 0 Å². The maximum Gasteiger partial charge on any atom is 0.358 e. The van der Waals surface area contributed by atoms with Gasteiger partial charge in [0.15, 0.2) is 11.5 Å². The molecule has 2 heterocycles. The van der Waals surface area contributed by atoms with Gasteiger partial charge in [0.2, 0.25) is 0 Å². The molecule has 23 heavy (non-hydrogen) atoms. The number of ether oxygens (including phenoxy) is 2. The van der Waals surface area contributed by atoms with E-state index >= 15 is 0 Å². The van der Waals surface area contributed by atoms with Gasteiger partial charge in [-0.25, -0.2) is 9.18 Å². The summed E-state index contributed by atoms with van der Waals surface area (Å²) in [7, 11) is 1.30. The Balaban J connectivity index is 1.73. The molecule has 1 atom stereocenters. The van der Waals surface area contributed by atoms with Crippen LogP contribution in [0.1, 0.15) is 22.2 Å². The molecule has 0 amide bonds. The first-order valence-corrected chi connectivity index (χ1v) is 7.21. The summed E-state index contributed by atoms with van der Waals surface area (Å²) in [6.07, 6.45) is -0.161. The average molecular weight is 317 g/mol. The Bertz CT molecular complexity index is 676. The molecule has 0 radical (unpaired) electrons. The average Bonchev–Trinajstić information content (AvgIpc) is 2.62. The van der Waals surface area contributed by atoms with Gasteiger partial charge in [-0.15, -0.1) is 10.2 Å². The number of aromatic nitrogens is 2. The lowest BCUT2D eigenvalue weighted by molar-refractivity contribution is 0.0394. The predicted molar refractivity (Wildman–Crippen MR) is 80.7 cm³/mol. The molecule has 0 spiro atoms. The topological polar surface area (TPSA) is 64.5 Å². The molecular formula is C16H16FN3O3. The Morgan fingerprint density at radius 3 is 2.70 bits per heavy atom. The number of nitrogens with zero attached hydrogens (tertiary/aromatic N) is 3. The van der Waals surface area contributed by atoms with Crippen molar-refractivity contribution < 1.29 is 18.7 Å². The third-order valence-electron chi connectivity index (χ3n) is 3.68. The van der Waals surface area contributed by atoms with E-state index in [4.69, 9.17) is 4.74 Å². The molecule has 1 fully saturated rings. The highest BCUT2D eigenvalue weighted by Gasteiger charge is 2.23. The molecule has 1 saturated heterocycles. The minimum atomic E-state index is -0.518.